The van der Waals surface area contributed by atoms with Crippen molar-refractivity contribution in [1.82, 2.24) is 10.2 Å². The third kappa shape index (κ3) is 12.7. The zero-order valence-corrected chi connectivity index (χ0v) is 22.0. The van der Waals surface area contributed by atoms with Gasteiger partial charge < -0.3 is 19.3 Å². The second-order valence-electron chi connectivity index (χ2n) is 10.1. The fraction of sp³-hybridized carbons (Fsp3) is 0.560. The van der Waals surface area contributed by atoms with Gasteiger partial charge in [0.2, 0.25) is 0 Å². The van der Waals surface area contributed by atoms with E-state index < -0.39 is 41.5 Å². The van der Waals surface area contributed by atoms with Crippen LogP contribution in [0.4, 0.5) is 14.4 Å². The van der Waals surface area contributed by atoms with Gasteiger partial charge in [0, 0.05) is 13.5 Å². The van der Waals surface area contributed by atoms with E-state index in [1.807, 2.05) is 6.07 Å². The van der Waals surface area contributed by atoms with Crippen LogP contribution in [0.2, 0.25) is 0 Å². The number of nitrogens with one attached hydrogen (secondary N) is 1. The molecule has 200 valence electrons. The first-order valence-electron chi connectivity index (χ1n) is 11.5. The Labute approximate surface area is 211 Å². The number of rotatable bonds is 8. The molecular weight excluding hydrogens is 470 g/mol. The average molecular weight is 508 g/mol. The first-order chi connectivity index (χ1) is 16.6. The number of amidine groups is 1. The van der Waals surface area contributed by atoms with Gasteiger partial charge in [0.25, 0.3) is 0 Å². The minimum Gasteiger partial charge on any atom is -0.480 e. The molecular formula is C25H37N3O8. The van der Waals surface area contributed by atoms with Crippen LogP contribution in [-0.4, -0.2) is 64.4 Å². The fourth-order valence-electron chi connectivity index (χ4n) is 2.86. The predicted octanol–water partition coefficient (Wildman–Crippen LogP) is 4.74. The minimum atomic E-state index is -1.22. The Morgan fingerprint density at radius 2 is 1.58 bits per heavy atom. The number of ether oxygens (including phenoxy) is 3. The Bertz CT molecular complexity index is 933. The normalized spacial score (nSPS) is 12.8. The zero-order valence-electron chi connectivity index (χ0n) is 22.0. The molecule has 0 saturated heterocycles. The third-order valence-electron chi connectivity index (χ3n) is 4.40. The minimum absolute atomic E-state index is 0.00283. The van der Waals surface area contributed by atoms with Crippen LogP contribution in [0.5, 0.6) is 0 Å². The molecule has 11 nitrogen and oxygen atoms in total. The van der Waals surface area contributed by atoms with Crippen LogP contribution in [0, 0.1) is 0 Å². The first-order valence-corrected chi connectivity index (χ1v) is 11.5. The van der Waals surface area contributed by atoms with Crippen LogP contribution in [0.1, 0.15) is 66.4 Å². The summed E-state index contributed by atoms with van der Waals surface area (Å²) >= 11 is 0. The summed E-state index contributed by atoms with van der Waals surface area (Å²) in [5.74, 6) is -1.27. The summed E-state index contributed by atoms with van der Waals surface area (Å²) in [5.41, 5.74) is -0.810. The molecule has 1 atom stereocenters. The quantitative estimate of drug-likeness (QED) is 0.292. The maximum Gasteiger partial charge on any atom is 0.435 e. The number of carboxylic acid groups (broad SMARTS) is 1. The molecule has 0 heterocycles. The number of carbonyl (C=O) groups is 4. The van der Waals surface area contributed by atoms with E-state index in [9.17, 15) is 24.3 Å². The highest BCUT2D eigenvalue weighted by atomic mass is 16.6. The molecule has 0 fully saturated rings. The van der Waals surface area contributed by atoms with Gasteiger partial charge in [-0.15, -0.1) is 0 Å². The summed E-state index contributed by atoms with van der Waals surface area (Å²) in [6.07, 6.45) is -2.32. The van der Waals surface area contributed by atoms with Crippen molar-refractivity contribution < 1.29 is 38.5 Å². The van der Waals surface area contributed by atoms with E-state index in [2.05, 4.69) is 10.3 Å². The maximum atomic E-state index is 12.4. The average Bonchev–Trinajstić information content (AvgIpc) is 2.72. The molecule has 36 heavy (non-hydrogen) atoms. The highest BCUT2D eigenvalue weighted by Crippen LogP contribution is 2.13. The van der Waals surface area contributed by atoms with Crippen LogP contribution in [0.25, 0.3) is 0 Å². The van der Waals surface area contributed by atoms with Crippen LogP contribution in [0.15, 0.2) is 35.3 Å². The molecule has 0 radical (unpaired) electrons. The fourth-order valence-corrected chi connectivity index (χ4v) is 2.86. The van der Waals surface area contributed by atoms with Gasteiger partial charge in [0.05, 0.1) is 0 Å². The van der Waals surface area contributed by atoms with Crippen molar-refractivity contribution in [2.75, 3.05) is 7.05 Å². The highest BCUT2D eigenvalue weighted by molar-refractivity contribution is 6.00. The van der Waals surface area contributed by atoms with Gasteiger partial charge in [-0.05, 0) is 59.9 Å². The number of likely N-dealkylation sites (N-methyl/N-ethyl adjacent to an activating group) is 1. The summed E-state index contributed by atoms with van der Waals surface area (Å²) in [6.45, 7) is 10.1. The number of benzene rings is 1. The lowest BCUT2D eigenvalue weighted by atomic mass is 10.1. The number of alkyl carbamates (subject to hydrolysis) is 1. The lowest BCUT2D eigenvalue weighted by Crippen LogP contribution is -2.43. The molecule has 0 aliphatic carbocycles. The molecule has 3 amide bonds. The smallest absolute Gasteiger partial charge is 0.435 e. The van der Waals surface area contributed by atoms with Crippen LogP contribution >= 0.6 is 0 Å². The summed E-state index contributed by atoms with van der Waals surface area (Å²) in [6, 6.07) is 7.80. The van der Waals surface area contributed by atoms with E-state index >= 15 is 0 Å². The maximum absolute atomic E-state index is 12.4. The van der Waals surface area contributed by atoms with Gasteiger partial charge in [0.1, 0.15) is 29.7 Å². The second-order valence-corrected chi connectivity index (χ2v) is 10.1. The van der Waals surface area contributed by atoms with E-state index in [1.165, 1.54) is 7.05 Å². The number of aliphatic carboxylic acids is 1. The van der Waals surface area contributed by atoms with E-state index in [-0.39, 0.29) is 31.7 Å². The van der Waals surface area contributed by atoms with E-state index in [0.29, 0.717) is 0 Å². The summed E-state index contributed by atoms with van der Waals surface area (Å²) in [4.78, 5) is 53.4. The van der Waals surface area contributed by atoms with Crippen molar-refractivity contribution in [2.45, 2.75) is 84.7 Å². The summed E-state index contributed by atoms with van der Waals surface area (Å²) < 4.78 is 15.6. The van der Waals surface area contributed by atoms with Crippen molar-refractivity contribution in [3.63, 3.8) is 0 Å². The Morgan fingerprint density at radius 3 is 2.11 bits per heavy atom. The SMILES string of the molecule is CN(C(=O)OCc1ccccc1)[C@@H](CCCC(=NC(=O)OC(C)(C)C)NC(=O)OC(C)(C)C)C(=O)O. The summed E-state index contributed by atoms with van der Waals surface area (Å²) in [7, 11) is 1.33. The molecule has 0 unspecified atom stereocenters. The predicted molar refractivity (Wildman–Crippen MR) is 133 cm³/mol. The summed E-state index contributed by atoms with van der Waals surface area (Å²) in [5, 5.41) is 12.1. The number of carboxylic acids is 1. The monoisotopic (exact) mass is 507 g/mol. The lowest BCUT2D eigenvalue weighted by Gasteiger charge is -2.24. The molecule has 11 heteroatoms. The molecule has 0 aliphatic heterocycles. The Balaban J connectivity index is 2.83. The van der Waals surface area contributed by atoms with E-state index in [4.69, 9.17) is 14.2 Å². The van der Waals surface area contributed by atoms with Crippen LogP contribution < -0.4 is 5.32 Å². The molecule has 2 N–H and O–H groups in total. The van der Waals surface area contributed by atoms with E-state index in [0.717, 1.165) is 10.5 Å². The molecule has 1 aromatic carbocycles. The number of carbonyl (C=O) groups excluding carboxylic acids is 3. The Hall–Kier alpha value is -3.63. The Morgan fingerprint density at radius 1 is 1.00 bits per heavy atom. The Kier molecular flexibility index (Phi) is 11.4. The number of hydrogen-bond acceptors (Lipinski definition) is 7. The van der Waals surface area contributed by atoms with Gasteiger partial charge in [0.15, 0.2) is 0 Å². The molecule has 1 aromatic rings. The zero-order chi connectivity index (χ0) is 27.5. The number of amides is 3. The standard InChI is InChI=1S/C25H37N3O8/c1-24(2,3)35-21(31)26-19(27-22(32)36-25(4,5)6)15-11-14-18(20(29)30)28(7)23(33)34-16-17-12-9-8-10-13-17/h8-10,12-13,18H,11,14-16H2,1-7H3,(H,29,30)(H,26,27,31,32)/t18-/m0/s1. The molecule has 0 spiro atoms. The number of hydrogen-bond donors (Lipinski definition) is 2. The van der Waals surface area contributed by atoms with Crippen molar-refractivity contribution >= 4 is 30.1 Å². The van der Waals surface area contributed by atoms with Crippen LogP contribution in [0.3, 0.4) is 0 Å². The second kappa shape index (κ2) is 13.5. The highest BCUT2D eigenvalue weighted by Gasteiger charge is 2.28. The van der Waals surface area contributed by atoms with Crippen LogP contribution in [-0.2, 0) is 25.6 Å². The lowest BCUT2D eigenvalue weighted by molar-refractivity contribution is -0.142. The van der Waals surface area contributed by atoms with Crippen molar-refractivity contribution in [1.29, 1.82) is 0 Å². The van der Waals surface area contributed by atoms with Gasteiger partial charge in [-0.25, -0.2) is 19.2 Å². The molecule has 0 aromatic heterocycles. The molecule has 1 rings (SSSR count). The van der Waals surface area contributed by atoms with Crippen molar-refractivity contribution in [2.24, 2.45) is 4.99 Å². The number of aliphatic imine (C=N–C) groups is 1. The molecule has 0 bridgehead atoms. The molecule has 0 aliphatic rings. The molecule has 0 saturated carbocycles. The first kappa shape index (κ1) is 30.4. The van der Waals surface area contributed by atoms with Gasteiger partial charge >= 0.3 is 24.2 Å². The largest absolute Gasteiger partial charge is 0.480 e. The van der Waals surface area contributed by atoms with E-state index in [1.54, 1.807) is 65.8 Å². The van der Waals surface area contributed by atoms with Crippen molar-refractivity contribution in [3.05, 3.63) is 35.9 Å². The number of nitrogens with zero attached hydrogens (tertiary/aromatic N) is 2. The topological polar surface area (TPSA) is 144 Å². The van der Waals surface area contributed by atoms with Gasteiger partial charge in [-0.2, -0.15) is 4.99 Å². The third-order valence-corrected chi connectivity index (χ3v) is 4.40. The van der Waals surface area contributed by atoms with Gasteiger partial charge in [-0.1, -0.05) is 30.3 Å². The van der Waals surface area contributed by atoms with Gasteiger partial charge in [-0.3, -0.25) is 10.2 Å². The van der Waals surface area contributed by atoms with Crippen molar-refractivity contribution in [3.8, 4) is 0 Å².